The van der Waals surface area contributed by atoms with E-state index in [4.69, 9.17) is 0 Å². The normalized spacial score (nSPS) is 12.7. The maximum atomic E-state index is 13.2. The van der Waals surface area contributed by atoms with Gasteiger partial charge in [0.05, 0.1) is 0 Å². The Kier molecular flexibility index (Phi) is 2.80. The summed E-state index contributed by atoms with van der Waals surface area (Å²) in [5, 5.41) is 5.98. The Labute approximate surface area is 97.9 Å². The molecule has 0 spiro atoms. The van der Waals surface area contributed by atoms with Crippen LogP contribution in [0.3, 0.4) is 0 Å². The summed E-state index contributed by atoms with van der Waals surface area (Å²) >= 11 is 0. The van der Waals surface area contributed by atoms with Crippen LogP contribution in [-0.4, -0.2) is 20.9 Å². The number of nitrogens with zero attached hydrogens (tertiary/aromatic N) is 3. The molecule has 8 heteroatoms. The van der Waals surface area contributed by atoms with Gasteiger partial charge in [0.1, 0.15) is 6.33 Å². The van der Waals surface area contributed by atoms with E-state index < -0.39 is 17.9 Å². The fraction of sp³-hybridized carbons (Fsp3) is 0.200. The third-order valence-electron chi connectivity index (χ3n) is 2.22. The summed E-state index contributed by atoms with van der Waals surface area (Å²) in [6.07, 6.45) is -4.91. The van der Waals surface area contributed by atoms with Crippen molar-refractivity contribution >= 4 is 0 Å². The molecule has 2 aromatic rings. The molecule has 0 radical (unpaired) electrons. The van der Waals surface area contributed by atoms with Crippen molar-refractivity contribution < 1.29 is 22.0 Å². The van der Waals surface area contributed by atoms with Crippen molar-refractivity contribution in [3.05, 3.63) is 42.5 Å². The van der Waals surface area contributed by atoms with Crippen LogP contribution in [0.5, 0.6) is 0 Å². The van der Waals surface area contributed by atoms with E-state index in [1.165, 1.54) is 24.3 Å². The molecule has 0 amide bonds. The first-order valence-corrected chi connectivity index (χ1v) is 4.74. The maximum Gasteiger partial charge on any atom is 0.461 e. The maximum absolute atomic E-state index is 13.2. The van der Waals surface area contributed by atoms with Gasteiger partial charge < -0.3 is 0 Å². The quantitative estimate of drug-likeness (QED) is 0.780. The van der Waals surface area contributed by atoms with Crippen molar-refractivity contribution in [2.75, 3.05) is 0 Å². The predicted octanol–water partition coefficient (Wildman–Crippen LogP) is 2.92. The van der Waals surface area contributed by atoms with Crippen molar-refractivity contribution in [3.63, 3.8) is 0 Å². The lowest BCUT2D eigenvalue weighted by Gasteiger charge is -2.19. The minimum Gasteiger partial charge on any atom is -0.280 e. The van der Waals surface area contributed by atoms with Gasteiger partial charge in [-0.15, -0.1) is 10.2 Å². The lowest BCUT2D eigenvalue weighted by Crippen LogP contribution is -2.36. The highest BCUT2D eigenvalue weighted by Crippen LogP contribution is 2.43. The molecule has 1 heterocycles. The SMILES string of the molecule is FC(F)(F)C(F)(F)c1nncn1-c1ccccc1. The minimum atomic E-state index is -5.72. The summed E-state index contributed by atoms with van der Waals surface area (Å²) in [4.78, 5) is 0. The van der Waals surface area contributed by atoms with Crippen LogP contribution in [0, 0.1) is 0 Å². The zero-order valence-electron chi connectivity index (χ0n) is 8.70. The molecule has 0 unspecified atom stereocenters. The third-order valence-corrected chi connectivity index (χ3v) is 2.22. The monoisotopic (exact) mass is 263 g/mol. The number of benzene rings is 1. The van der Waals surface area contributed by atoms with Gasteiger partial charge in [0, 0.05) is 5.69 Å². The molecule has 1 aromatic heterocycles. The lowest BCUT2D eigenvalue weighted by molar-refractivity contribution is -0.293. The van der Waals surface area contributed by atoms with Crippen molar-refractivity contribution in [3.8, 4) is 5.69 Å². The first-order valence-electron chi connectivity index (χ1n) is 4.74. The van der Waals surface area contributed by atoms with Crippen LogP contribution in [0.2, 0.25) is 0 Å². The molecule has 1 aromatic carbocycles. The molecule has 0 aliphatic rings. The fourth-order valence-corrected chi connectivity index (χ4v) is 1.35. The Morgan fingerprint density at radius 2 is 1.56 bits per heavy atom. The molecule has 18 heavy (non-hydrogen) atoms. The zero-order valence-corrected chi connectivity index (χ0v) is 8.70. The molecule has 0 atom stereocenters. The van der Waals surface area contributed by atoms with Crippen LogP contribution in [0.15, 0.2) is 36.7 Å². The Morgan fingerprint density at radius 1 is 0.944 bits per heavy atom. The number of para-hydroxylation sites is 1. The van der Waals surface area contributed by atoms with E-state index in [0.717, 1.165) is 6.33 Å². The Balaban J connectivity index is 2.53. The van der Waals surface area contributed by atoms with Gasteiger partial charge in [0.15, 0.2) is 0 Å². The number of hydrogen-bond donors (Lipinski definition) is 0. The van der Waals surface area contributed by atoms with E-state index >= 15 is 0 Å². The van der Waals surface area contributed by atoms with Crippen molar-refractivity contribution in [2.45, 2.75) is 12.1 Å². The molecular weight excluding hydrogens is 257 g/mol. The van der Waals surface area contributed by atoms with Crippen LogP contribution in [-0.2, 0) is 5.92 Å². The summed E-state index contributed by atoms with van der Waals surface area (Å²) in [7, 11) is 0. The van der Waals surface area contributed by atoms with E-state index in [1.54, 1.807) is 6.07 Å². The first-order chi connectivity index (χ1) is 8.34. The molecule has 0 aliphatic carbocycles. The number of hydrogen-bond acceptors (Lipinski definition) is 2. The molecule has 96 valence electrons. The molecular formula is C10H6F5N3. The van der Waals surface area contributed by atoms with Crippen molar-refractivity contribution in [1.29, 1.82) is 0 Å². The molecule has 0 saturated carbocycles. The smallest absolute Gasteiger partial charge is 0.280 e. The van der Waals surface area contributed by atoms with Crippen LogP contribution in [0.4, 0.5) is 22.0 Å². The Bertz CT molecular complexity index is 532. The second-order valence-electron chi connectivity index (χ2n) is 3.43. The van der Waals surface area contributed by atoms with E-state index in [1.807, 2.05) is 0 Å². The Hall–Kier alpha value is -1.99. The average Bonchev–Trinajstić information content (AvgIpc) is 2.78. The number of halogens is 5. The topological polar surface area (TPSA) is 30.7 Å². The van der Waals surface area contributed by atoms with E-state index in [2.05, 4.69) is 10.2 Å². The molecule has 3 nitrogen and oxygen atoms in total. The van der Waals surface area contributed by atoms with Gasteiger partial charge in [-0.1, -0.05) is 18.2 Å². The summed E-state index contributed by atoms with van der Waals surface area (Å²) < 4.78 is 63.8. The molecule has 0 bridgehead atoms. The molecule has 0 aliphatic heterocycles. The number of aromatic nitrogens is 3. The Morgan fingerprint density at radius 3 is 2.11 bits per heavy atom. The molecule has 2 rings (SSSR count). The second kappa shape index (κ2) is 4.04. The summed E-state index contributed by atoms with van der Waals surface area (Å²) in [6.45, 7) is 0. The van der Waals surface area contributed by atoms with Gasteiger partial charge in [-0.2, -0.15) is 22.0 Å². The molecule has 0 N–H and O–H groups in total. The summed E-state index contributed by atoms with van der Waals surface area (Å²) in [6, 6.07) is 7.36. The van der Waals surface area contributed by atoms with Gasteiger partial charge in [-0.3, -0.25) is 4.57 Å². The second-order valence-corrected chi connectivity index (χ2v) is 3.43. The predicted molar refractivity (Wildman–Crippen MR) is 51.3 cm³/mol. The number of rotatable bonds is 2. The lowest BCUT2D eigenvalue weighted by atomic mass is 10.2. The molecule has 0 saturated heterocycles. The fourth-order valence-electron chi connectivity index (χ4n) is 1.35. The zero-order chi connectivity index (χ0) is 13.4. The molecule has 0 fully saturated rings. The summed E-state index contributed by atoms with van der Waals surface area (Å²) in [5.74, 6) is -6.51. The van der Waals surface area contributed by atoms with Gasteiger partial charge in [-0.05, 0) is 12.1 Å². The van der Waals surface area contributed by atoms with Crippen LogP contribution >= 0.6 is 0 Å². The largest absolute Gasteiger partial charge is 0.461 e. The van der Waals surface area contributed by atoms with E-state index in [9.17, 15) is 22.0 Å². The highest BCUT2D eigenvalue weighted by atomic mass is 19.4. The number of alkyl halides is 5. The summed E-state index contributed by atoms with van der Waals surface area (Å²) in [5.41, 5.74) is 0.126. The minimum absolute atomic E-state index is 0.126. The van der Waals surface area contributed by atoms with Crippen LogP contribution < -0.4 is 0 Å². The van der Waals surface area contributed by atoms with Gasteiger partial charge >= 0.3 is 12.1 Å². The van der Waals surface area contributed by atoms with Crippen molar-refractivity contribution in [2.24, 2.45) is 0 Å². The van der Waals surface area contributed by atoms with Crippen LogP contribution in [0.25, 0.3) is 5.69 Å². The average molecular weight is 263 g/mol. The van der Waals surface area contributed by atoms with Gasteiger partial charge in [0.25, 0.3) is 0 Å². The highest BCUT2D eigenvalue weighted by molar-refractivity contribution is 5.33. The van der Waals surface area contributed by atoms with Crippen molar-refractivity contribution in [1.82, 2.24) is 14.8 Å². The van der Waals surface area contributed by atoms with Crippen LogP contribution in [0.1, 0.15) is 5.82 Å². The van der Waals surface area contributed by atoms with E-state index in [-0.39, 0.29) is 5.69 Å². The highest BCUT2D eigenvalue weighted by Gasteiger charge is 2.62. The van der Waals surface area contributed by atoms with Gasteiger partial charge in [-0.25, -0.2) is 0 Å². The van der Waals surface area contributed by atoms with E-state index in [0.29, 0.717) is 4.57 Å². The third kappa shape index (κ3) is 1.93. The van der Waals surface area contributed by atoms with Gasteiger partial charge in [0.2, 0.25) is 5.82 Å². The standard InChI is InChI=1S/C10H6F5N3/c11-9(12,10(13,14)15)8-17-16-6-18(8)7-4-2-1-3-5-7/h1-6H. The first kappa shape index (κ1) is 12.5.